The maximum atomic E-state index is 12.3. The van der Waals surface area contributed by atoms with Gasteiger partial charge in [0, 0.05) is 6.42 Å². The molecule has 0 aliphatic heterocycles. The Kier molecular flexibility index (Phi) is 30.1. The number of carbonyl (C=O) groups excluding carboxylic acids is 1. The van der Waals surface area contributed by atoms with Gasteiger partial charge in [-0.15, -0.1) is 0 Å². The molecule has 230 valence electrons. The van der Waals surface area contributed by atoms with Gasteiger partial charge in [-0.25, -0.2) is 0 Å². The third kappa shape index (κ3) is 27.6. The molecular weight excluding hydrogens is 494 g/mol. The van der Waals surface area contributed by atoms with Crippen molar-refractivity contribution >= 4 is 5.91 Å². The molecule has 0 saturated carbocycles. The van der Waals surface area contributed by atoms with Gasteiger partial charge in [-0.2, -0.15) is 0 Å². The van der Waals surface area contributed by atoms with Crippen molar-refractivity contribution in [2.45, 2.75) is 154 Å². The Hall–Kier alpha value is -1.91. The largest absolute Gasteiger partial charge is 0.394 e. The fraction of sp³-hybridized carbons (Fsp3) is 0.694. The Bertz CT molecular complexity index is 692. The van der Waals surface area contributed by atoms with Crippen molar-refractivity contribution in [2.24, 2.45) is 0 Å². The molecule has 3 N–H and O–H groups in total. The number of hydrogen-bond acceptors (Lipinski definition) is 3. The number of rotatable bonds is 28. The van der Waals surface area contributed by atoms with Crippen LogP contribution in [-0.4, -0.2) is 34.9 Å². The number of allylic oxidation sites excluding steroid dienone is 9. The zero-order chi connectivity index (χ0) is 29.4. The maximum Gasteiger partial charge on any atom is 0.220 e. The van der Waals surface area contributed by atoms with Gasteiger partial charge in [-0.3, -0.25) is 4.79 Å². The average Bonchev–Trinajstić information content (AvgIpc) is 2.96. The topological polar surface area (TPSA) is 69.6 Å². The molecule has 0 radical (unpaired) electrons. The molecule has 40 heavy (non-hydrogen) atoms. The summed E-state index contributed by atoms with van der Waals surface area (Å²) in [5.74, 6) is -0.0926. The van der Waals surface area contributed by atoms with Crippen LogP contribution in [0.2, 0.25) is 0 Å². The minimum atomic E-state index is -0.872. The van der Waals surface area contributed by atoms with Crippen LogP contribution in [0.25, 0.3) is 0 Å². The number of carbonyl (C=O) groups is 1. The summed E-state index contributed by atoms with van der Waals surface area (Å²) in [6.45, 7) is 4.16. The van der Waals surface area contributed by atoms with Crippen LogP contribution in [0.4, 0.5) is 0 Å². The van der Waals surface area contributed by atoms with E-state index in [0.29, 0.717) is 6.42 Å². The number of nitrogens with one attached hydrogen (secondary N) is 1. The highest BCUT2D eigenvalue weighted by molar-refractivity contribution is 5.76. The van der Waals surface area contributed by atoms with E-state index in [0.717, 1.165) is 57.8 Å². The molecule has 0 fully saturated rings. The normalized spacial score (nSPS) is 14.0. The number of unbranched alkanes of at least 4 members (excludes halogenated alkanes) is 13. The molecule has 2 unspecified atom stereocenters. The molecule has 0 bridgehead atoms. The third-order valence-corrected chi connectivity index (χ3v) is 6.93. The minimum absolute atomic E-state index is 0.0926. The molecule has 0 aliphatic carbocycles. The first-order valence-corrected chi connectivity index (χ1v) is 16.5. The molecule has 1 amide bonds. The zero-order valence-corrected chi connectivity index (χ0v) is 26.1. The van der Waals surface area contributed by atoms with Crippen molar-refractivity contribution in [1.82, 2.24) is 5.32 Å². The van der Waals surface area contributed by atoms with E-state index < -0.39 is 12.1 Å². The molecule has 0 aromatic carbocycles. The lowest BCUT2D eigenvalue weighted by Gasteiger charge is -2.19. The van der Waals surface area contributed by atoms with E-state index in [1.165, 1.54) is 64.2 Å². The smallest absolute Gasteiger partial charge is 0.220 e. The van der Waals surface area contributed by atoms with Crippen molar-refractivity contribution in [2.75, 3.05) is 6.61 Å². The van der Waals surface area contributed by atoms with Gasteiger partial charge in [0.15, 0.2) is 0 Å². The van der Waals surface area contributed by atoms with Crippen molar-refractivity contribution in [1.29, 1.82) is 0 Å². The van der Waals surface area contributed by atoms with Crippen LogP contribution in [0, 0.1) is 0 Å². The predicted molar refractivity (Wildman–Crippen MR) is 174 cm³/mol. The number of hydrogen-bond donors (Lipinski definition) is 3. The first kappa shape index (κ1) is 38.1. The minimum Gasteiger partial charge on any atom is -0.394 e. The summed E-state index contributed by atoms with van der Waals surface area (Å²) in [4.78, 5) is 12.3. The van der Waals surface area contributed by atoms with Gasteiger partial charge in [0.1, 0.15) is 0 Å². The lowest BCUT2D eigenvalue weighted by molar-refractivity contribution is -0.123. The highest BCUT2D eigenvalue weighted by atomic mass is 16.3. The Morgan fingerprint density at radius 2 is 1.10 bits per heavy atom. The van der Waals surface area contributed by atoms with Crippen LogP contribution in [-0.2, 0) is 4.79 Å². The van der Waals surface area contributed by atoms with Crippen LogP contribution in [0.3, 0.4) is 0 Å². The molecule has 4 nitrogen and oxygen atoms in total. The number of aliphatic hydroxyl groups is 2. The molecule has 0 aromatic heterocycles. The summed E-state index contributed by atoms with van der Waals surface area (Å²) in [6, 6.07) is -0.648. The SMILES string of the molecule is CCC/C=C/CC/C=C/CC/C=C/C(O)C(CO)NC(=O)CCCCCCCCC/C=C\C/C=C\CCCCC. The van der Waals surface area contributed by atoms with Gasteiger partial charge in [0.2, 0.25) is 5.91 Å². The quantitative estimate of drug-likeness (QED) is 0.0663. The van der Waals surface area contributed by atoms with Crippen LogP contribution in [0.5, 0.6) is 0 Å². The molecule has 0 saturated heterocycles. The van der Waals surface area contributed by atoms with Crippen molar-refractivity contribution in [3.05, 3.63) is 60.8 Å². The van der Waals surface area contributed by atoms with Crippen LogP contribution in [0.15, 0.2) is 60.8 Å². The maximum absolute atomic E-state index is 12.3. The van der Waals surface area contributed by atoms with Crippen molar-refractivity contribution in [3.8, 4) is 0 Å². The van der Waals surface area contributed by atoms with Crippen LogP contribution in [0.1, 0.15) is 142 Å². The number of amides is 1. The molecule has 0 rings (SSSR count). The highest BCUT2D eigenvalue weighted by Gasteiger charge is 2.17. The summed E-state index contributed by atoms with van der Waals surface area (Å²) in [6.07, 6.45) is 42.9. The van der Waals surface area contributed by atoms with E-state index in [4.69, 9.17) is 0 Å². The summed E-state index contributed by atoms with van der Waals surface area (Å²) in [7, 11) is 0. The molecule has 2 atom stereocenters. The van der Waals surface area contributed by atoms with E-state index in [-0.39, 0.29) is 12.5 Å². The first-order valence-electron chi connectivity index (χ1n) is 16.5. The summed E-state index contributed by atoms with van der Waals surface area (Å²) < 4.78 is 0. The zero-order valence-electron chi connectivity index (χ0n) is 26.1. The second kappa shape index (κ2) is 31.6. The van der Waals surface area contributed by atoms with Crippen molar-refractivity contribution in [3.63, 3.8) is 0 Å². The predicted octanol–water partition coefficient (Wildman–Crippen LogP) is 9.45. The fourth-order valence-electron chi connectivity index (χ4n) is 4.36. The van der Waals surface area contributed by atoms with E-state index in [1.54, 1.807) is 6.08 Å². The van der Waals surface area contributed by atoms with Gasteiger partial charge >= 0.3 is 0 Å². The van der Waals surface area contributed by atoms with Gasteiger partial charge in [-0.05, 0) is 70.6 Å². The summed E-state index contributed by atoms with van der Waals surface area (Å²) in [5.41, 5.74) is 0. The van der Waals surface area contributed by atoms with E-state index in [1.807, 2.05) is 6.08 Å². The lowest BCUT2D eigenvalue weighted by Crippen LogP contribution is -2.45. The molecule has 0 spiro atoms. The van der Waals surface area contributed by atoms with Gasteiger partial charge in [0.25, 0.3) is 0 Å². The van der Waals surface area contributed by atoms with Crippen LogP contribution < -0.4 is 5.32 Å². The summed E-state index contributed by atoms with van der Waals surface area (Å²) in [5, 5.41) is 22.7. The molecule has 0 aliphatic rings. The van der Waals surface area contributed by atoms with E-state index >= 15 is 0 Å². The summed E-state index contributed by atoms with van der Waals surface area (Å²) >= 11 is 0. The molecule has 4 heteroatoms. The second-order valence-electron chi connectivity index (χ2n) is 10.8. The Morgan fingerprint density at radius 3 is 1.68 bits per heavy atom. The Morgan fingerprint density at radius 1 is 0.600 bits per heavy atom. The average molecular weight is 558 g/mol. The van der Waals surface area contributed by atoms with Gasteiger partial charge < -0.3 is 15.5 Å². The number of aliphatic hydroxyl groups excluding tert-OH is 2. The Balaban J connectivity index is 3.74. The van der Waals surface area contributed by atoms with Crippen molar-refractivity contribution < 1.29 is 15.0 Å². The molecular formula is C36H63NO3. The second-order valence-corrected chi connectivity index (χ2v) is 10.8. The fourth-order valence-corrected chi connectivity index (χ4v) is 4.36. The third-order valence-electron chi connectivity index (χ3n) is 6.93. The lowest BCUT2D eigenvalue weighted by atomic mass is 10.1. The Labute approximate surface area is 247 Å². The van der Waals surface area contributed by atoms with Gasteiger partial charge in [0.05, 0.1) is 18.8 Å². The van der Waals surface area contributed by atoms with Gasteiger partial charge in [-0.1, -0.05) is 126 Å². The standard InChI is InChI=1S/C36H63NO3/c1-3-5-7-9-11-13-15-16-17-18-19-20-22-24-26-28-30-32-36(40)37-34(33-38)35(39)31-29-27-25-23-21-14-12-10-8-6-4-2/h8,10-11,13,16-17,21,23,29,31,34-35,38-39H,3-7,9,12,14-15,18-20,22,24-28,30,32-33H2,1-2H3,(H,37,40)/b10-8+,13-11-,17-16-,23-21+,31-29+. The monoisotopic (exact) mass is 557 g/mol. The van der Waals surface area contributed by atoms with E-state index in [2.05, 4.69) is 67.8 Å². The van der Waals surface area contributed by atoms with Crippen LogP contribution >= 0.6 is 0 Å². The molecule has 0 heterocycles. The first-order chi connectivity index (χ1) is 19.7. The highest BCUT2D eigenvalue weighted by Crippen LogP contribution is 2.11. The van der Waals surface area contributed by atoms with E-state index in [9.17, 15) is 15.0 Å². The molecule has 0 aromatic rings.